The minimum absolute atomic E-state index is 0.00731. The van der Waals surface area contributed by atoms with Crippen molar-refractivity contribution in [2.24, 2.45) is 5.41 Å². The molecule has 2 fully saturated rings. The van der Waals surface area contributed by atoms with E-state index in [1.54, 1.807) is 7.11 Å². The molecule has 138 valence electrons. The van der Waals surface area contributed by atoms with Crippen molar-refractivity contribution in [1.29, 1.82) is 0 Å². The molecule has 3 rings (SSSR count). The summed E-state index contributed by atoms with van der Waals surface area (Å²) in [7, 11) is 1.60. The highest BCUT2D eigenvalue weighted by atomic mass is 16.5. The Morgan fingerprint density at radius 2 is 2.08 bits per heavy atom. The summed E-state index contributed by atoms with van der Waals surface area (Å²) in [5, 5.41) is 19.2. The lowest BCUT2D eigenvalue weighted by Gasteiger charge is -2.56. The Kier molecular flexibility index (Phi) is 5.32. The summed E-state index contributed by atoms with van der Waals surface area (Å²) in [6.45, 7) is 3.39. The first-order valence-corrected chi connectivity index (χ1v) is 8.87. The van der Waals surface area contributed by atoms with Gasteiger partial charge in [-0.2, -0.15) is 0 Å². The van der Waals surface area contributed by atoms with E-state index >= 15 is 0 Å². The number of aliphatic hydroxyl groups is 2. The van der Waals surface area contributed by atoms with Gasteiger partial charge in [-0.3, -0.25) is 4.79 Å². The van der Waals surface area contributed by atoms with Crippen LogP contribution in [0.15, 0.2) is 18.2 Å². The monoisotopic (exact) mass is 349 g/mol. The molecule has 1 saturated heterocycles. The number of methoxy groups -OCH3 is 1. The minimum Gasteiger partial charge on any atom is -0.496 e. The SMILES string of the molecule is COc1cccc(C(=O)N2CCC3(CC2)[C@H](O)C[C@@H]3OCCO)c1C. The molecule has 1 amide bonds. The van der Waals surface area contributed by atoms with E-state index in [9.17, 15) is 9.90 Å². The summed E-state index contributed by atoms with van der Waals surface area (Å²) in [6.07, 6.45) is 1.65. The summed E-state index contributed by atoms with van der Waals surface area (Å²) in [6, 6.07) is 5.51. The van der Waals surface area contributed by atoms with Crippen molar-refractivity contribution >= 4 is 5.91 Å². The number of rotatable bonds is 5. The van der Waals surface area contributed by atoms with Crippen LogP contribution in [0.3, 0.4) is 0 Å². The zero-order chi connectivity index (χ0) is 18.0. The van der Waals surface area contributed by atoms with Gasteiger partial charge in [0.05, 0.1) is 32.5 Å². The van der Waals surface area contributed by atoms with Gasteiger partial charge in [-0.1, -0.05) is 6.07 Å². The molecular weight excluding hydrogens is 322 g/mol. The topological polar surface area (TPSA) is 79.2 Å². The summed E-state index contributed by atoms with van der Waals surface area (Å²) < 4.78 is 11.0. The summed E-state index contributed by atoms with van der Waals surface area (Å²) >= 11 is 0. The van der Waals surface area contributed by atoms with Crippen LogP contribution in [-0.2, 0) is 4.74 Å². The number of nitrogens with zero attached hydrogens (tertiary/aromatic N) is 1. The second kappa shape index (κ2) is 7.32. The smallest absolute Gasteiger partial charge is 0.254 e. The van der Waals surface area contributed by atoms with Gasteiger partial charge in [0.25, 0.3) is 5.91 Å². The molecule has 6 nitrogen and oxygen atoms in total. The number of benzene rings is 1. The van der Waals surface area contributed by atoms with Gasteiger partial charge in [-0.15, -0.1) is 0 Å². The maximum absolute atomic E-state index is 12.9. The highest BCUT2D eigenvalue weighted by molar-refractivity contribution is 5.96. The van der Waals surface area contributed by atoms with E-state index in [-0.39, 0.29) is 30.1 Å². The molecule has 0 unspecified atom stereocenters. The molecule has 1 saturated carbocycles. The first kappa shape index (κ1) is 18.2. The van der Waals surface area contributed by atoms with Crippen LogP contribution in [0.25, 0.3) is 0 Å². The molecule has 0 bridgehead atoms. The van der Waals surface area contributed by atoms with E-state index in [4.69, 9.17) is 14.6 Å². The molecular formula is C19H27NO5. The molecule has 0 radical (unpaired) electrons. The van der Waals surface area contributed by atoms with E-state index in [2.05, 4.69) is 0 Å². The van der Waals surface area contributed by atoms with Crippen LogP contribution in [0.1, 0.15) is 35.2 Å². The Labute approximate surface area is 148 Å². The maximum atomic E-state index is 12.9. The molecule has 1 aliphatic heterocycles. The Morgan fingerprint density at radius 3 is 2.68 bits per heavy atom. The van der Waals surface area contributed by atoms with Gasteiger partial charge in [-0.05, 0) is 31.9 Å². The van der Waals surface area contributed by atoms with Gasteiger partial charge in [0, 0.05) is 36.1 Å². The maximum Gasteiger partial charge on any atom is 0.254 e. The molecule has 6 heteroatoms. The number of carbonyl (C=O) groups is 1. The average Bonchev–Trinajstić information content (AvgIpc) is 2.64. The fourth-order valence-electron chi connectivity index (χ4n) is 4.17. The van der Waals surface area contributed by atoms with E-state index in [0.29, 0.717) is 37.4 Å². The van der Waals surface area contributed by atoms with Crippen molar-refractivity contribution in [2.45, 2.75) is 38.4 Å². The fraction of sp³-hybridized carbons (Fsp3) is 0.632. The van der Waals surface area contributed by atoms with Crippen molar-refractivity contribution in [3.63, 3.8) is 0 Å². The first-order valence-electron chi connectivity index (χ1n) is 8.87. The molecule has 1 heterocycles. The molecule has 1 spiro atoms. The third kappa shape index (κ3) is 3.14. The third-order valence-electron chi connectivity index (χ3n) is 5.87. The number of piperidine rings is 1. The van der Waals surface area contributed by atoms with Crippen molar-refractivity contribution in [1.82, 2.24) is 4.90 Å². The van der Waals surface area contributed by atoms with Crippen molar-refractivity contribution in [2.75, 3.05) is 33.4 Å². The van der Waals surface area contributed by atoms with E-state index in [1.165, 1.54) is 0 Å². The zero-order valence-electron chi connectivity index (χ0n) is 14.9. The lowest BCUT2D eigenvalue weighted by molar-refractivity contribution is -0.211. The van der Waals surface area contributed by atoms with Gasteiger partial charge in [0.15, 0.2) is 0 Å². The Balaban J connectivity index is 1.67. The van der Waals surface area contributed by atoms with Gasteiger partial charge in [0.2, 0.25) is 0 Å². The summed E-state index contributed by atoms with van der Waals surface area (Å²) in [4.78, 5) is 14.7. The molecule has 2 N–H and O–H groups in total. The predicted octanol–water partition coefficient (Wildman–Crippen LogP) is 1.37. The number of amides is 1. The Bertz CT molecular complexity index is 624. The van der Waals surface area contributed by atoms with Crippen LogP contribution < -0.4 is 4.74 Å². The quantitative estimate of drug-likeness (QED) is 0.839. The van der Waals surface area contributed by atoms with Crippen LogP contribution in [-0.4, -0.2) is 66.6 Å². The molecule has 1 aromatic carbocycles. The van der Waals surface area contributed by atoms with Crippen LogP contribution in [0.2, 0.25) is 0 Å². The largest absolute Gasteiger partial charge is 0.496 e. The Morgan fingerprint density at radius 1 is 1.36 bits per heavy atom. The summed E-state index contributed by atoms with van der Waals surface area (Å²) in [5.41, 5.74) is 1.25. The van der Waals surface area contributed by atoms with Gasteiger partial charge in [0.1, 0.15) is 5.75 Å². The van der Waals surface area contributed by atoms with Gasteiger partial charge in [-0.25, -0.2) is 0 Å². The minimum atomic E-state index is -0.382. The van der Waals surface area contributed by atoms with Crippen molar-refractivity contribution in [3.05, 3.63) is 29.3 Å². The average molecular weight is 349 g/mol. The number of hydrogen-bond acceptors (Lipinski definition) is 5. The summed E-state index contributed by atoms with van der Waals surface area (Å²) in [5.74, 6) is 0.721. The lowest BCUT2D eigenvalue weighted by atomic mass is 9.58. The zero-order valence-corrected chi connectivity index (χ0v) is 14.9. The highest BCUT2D eigenvalue weighted by Crippen LogP contribution is 2.51. The number of ether oxygens (including phenoxy) is 2. The van der Waals surface area contributed by atoms with E-state index in [0.717, 1.165) is 18.4 Å². The molecule has 25 heavy (non-hydrogen) atoms. The van der Waals surface area contributed by atoms with Gasteiger partial charge >= 0.3 is 0 Å². The van der Waals surface area contributed by atoms with E-state index in [1.807, 2.05) is 30.0 Å². The second-order valence-corrected chi connectivity index (χ2v) is 6.99. The van der Waals surface area contributed by atoms with E-state index < -0.39 is 0 Å². The lowest BCUT2D eigenvalue weighted by Crippen LogP contribution is -2.62. The molecule has 1 aromatic rings. The third-order valence-corrected chi connectivity index (χ3v) is 5.87. The molecule has 0 aromatic heterocycles. The van der Waals surface area contributed by atoms with Crippen LogP contribution in [0.5, 0.6) is 5.75 Å². The molecule has 2 atom stereocenters. The number of aliphatic hydroxyl groups excluding tert-OH is 2. The predicted molar refractivity (Wildman–Crippen MR) is 92.8 cm³/mol. The van der Waals surface area contributed by atoms with Crippen molar-refractivity contribution in [3.8, 4) is 5.75 Å². The standard InChI is InChI=1S/C19H27NO5/c1-13-14(4-3-5-15(13)24-2)18(23)20-8-6-19(7-9-20)16(22)12-17(19)25-11-10-21/h3-5,16-17,21-22H,6-12H2,1-2H3/t16-,17+/m1/s1. The number of carbonyl (C=O) groups excluding carboxylic acids is 1. The number of hydrogen-bond donors (Lipinski definition) is 2. The van der Waals surface area contributed by atoms with Gasteiger partial charge < -0.3 is 24.6 Å². The molecule has 2 aliphatic rings. The van der Waals surface area contributed by atoms with Crippen molar-refractivity contribution < 1.29 is 24.5 Å². The van der Waals surface area contributed by atoms with Crippen LogP contribution in [0.4, 0.5) is 0 Å². The first-order chi connectivity index (χ1) is 12.0. The van der Waals surface area contributed by atoms with Crippen LogP contribution >= 0.6 is 0 Å². The number of likely N-dealkylation sites (tertiary alicyclic amines) is 1. The highest BCUT2D eigenvalue weighted by Gasteiger charge is 2.56. The molecule has 1 aliphatic carbocycles. The fourth-order valence-corrected chi connectivity index (χ4v) is 4.17. The Hall–Kier alpha value is -1.63. The second-order valence-electron chi connectivity index (χ2n) is 6.99. The normalized spacial score (nSPS) is 24.9. The van der Waals surface area contributed by atoms with Crippen LogP contribution in [0, 0.1) is 12.3 Å².